The van der Waals surface area contributed by atoms with Gasteiger partial charge < -0.3 is 5.32 Å². The Morgan fingerprint density at radius 3 is 2.28 bits per heavy atom. The van der Waals surface area contributed by atoms with E-state index in [0.29, 0.717) is 23.2 Å². The van der Waals surface area contributed by atoms with Gasteiger partial charge in [0.25, 0.3) is 11.6 Å². The number of nitro benzene ring substituents is 1. The van der Waals surface area contributed by atoms with E-state index in [0.717, 1.165) is 6.42 Å². The van der Waals surface area contributed by atoms with Crippen LogP contribution in [0.4, 0.5) is 11.4 Å². The number of nitro groups is 1. The van der Waals surface area contributed by atoms with E-state index in [1.807, 2.05) is 6.92 Å². The second kappa shape index (κ2) is 11.9. The fourth-order valence-electron chi connectivity index (χ4n) is 2.41. The summed E-state index contributed by atoms with van der Waals surface area (Å²) in [4.78, 5) is 45.8. The maximum absolute atomic E-state index is 12.2. The number of thiocarbonyl (C=S) groups is 1. The van der Waals surface area contributed by atoms with Crippen molar-refractivity contribution >= 4 is 52.5 Å². The lowest BCUT2D eigenvalue weighted by molar-refractivity contribution is -0.384. The maximum Gasteiger partial charge on any atom is 0.269 e. The number of hydrogen-bond acceptors (Lipinski definition) is 6. The van der Waals surface area contributed by atoms with Crippen LogP contribution >= 0.6 is 12.2 Å². The van der Waals surface area contributed by atoms with E-state index in [9.17, 15) is 24.5 Å². The summed E-state index contributed by atoms with van der Waals surface area (Å²) in [7, 11) is 0. The number of hydrazine groups is 1. The predicted molar refractivity (Wildman–Crippen MR) is 123 cm³/mol. The molecule has 0 radical (unpaired) electrons. The van der Waals surface area contributed by atoms with E-state index in [2.05, 4.69) is 21.5 Å². The van der Waals surface area contributed by atoms with Crippen LogP contribution in [0.15, 0.2) is 54.6 Å². The molecule has 0 heterocycles. The Bertz CT molecular complexity index is 1040. The highest BCUT2D eigenvalue weighted by molar-refractivity contribution is 7.80. The Morgan fingerprint density at radius 2 is 1.69 bits per heavy atom. The number of carbonyl (C=O) groups is 3. The van der Waals surface area contributed by atoms with Crippen molar-refractivity contribution in [3.8, 4) is 0 Å². The molecule has 0 aromatic heterocycles. The zero-order valence-corrected chi connectivity index (χ0v) is 17.9. The van der Waals surface area contributed by atoms with Gasteiger partial charge in [0.2, 0.25) is 11.8 Å². The SMILES string of the molecule is CCCC(=O)Nc1ccc(C(=O)NNC(=S)NC(=O)/C=C/c2ccc([N+](=O)[O-])cc2)cc1. The summed E-state index contributed by atoms with van der Waals surface area (Å²) in [6, 6.07) is 11.9. The Hall–Kier alpha value is -4.12. The molecule has 2 rings (SSSR count). The average molecular weight is 455 g/mol. The van der Waals surface area contributed by atoms with Crippen LogP contribution in [-0.2, 0) is 9.59 Å². The normalized spacial score (nSPS) is 10.3. The van der Waals surface area contributed by atoms with Crippen LogP contribution in [0.2, 0.25) is 0 Å². The lowest BCUT2D eigenvalue weighted by Gasteiger charge is -2.10. The summed E-state index contributed by atoms with van der Waals surface area (Å²) in [6.07, 6.45) is 3.81. The average Bonchev–Trinajstić information content (AvgIpc) is 2.77. The van der Waals surface area contributed by atoms with Crippen molar-refractivity contribution in [3.63, 3.8) is 0 Å². The van der Waals surface area contributed by atoms with Crippen LogP contribution in [-0.4, -0.2) is 27.8 Å². The predicted octanol–water partition coefficient (Wildman–Crippen LogP) is 2.68. The molecule has 0 bridgehead atoms. The van der Waals surface area contributed by atoms with Crippen molar-refractivity contribution in [2.24, 2.45) is 0 Å². The smallest absolute Gasteiger partial charge is 0.269 e. The molecule has 0 atom stereocenters. The number of anilines is 1. The summed E-state index contributed by atoms with van der Waals surface area (Å²) in [5, 5.41) is 15.6. The lowest BCUT2D eigenvalue weighted by atomic mass is 10.2. The van der Waals surface area contributed by atoms with Crippen LogP contribution in [0.1, 0.15) is 35.7 Å². The van der Waals surface area contributed by atoms with Gasteiger partial charge >= 0.3 is 0 Å². The van der Waals surface area contributed by atoms with E-state index in [1.165, 1.54) is 48.6 Å². The van der Waals surface area contributed by atoms with Crippen LogP contribution in [0.3, 0.4) is 0 Å². The summed E-state index contributed by atoms with van der Waals surface area (Å²) < 4.78 is 0. The number of non-ortho nitro benzene ring substituents is 1. The third-order valence-electron chi connectivity index (χ3n) is 3.97. The number of carbonyl (C=O) groups excluding carboxylic acids is 3. The maximum atomic E-state index is 12.2. The van der Waals surface area contributed by atoms with Gasteiger partial charge in [-0.25, -0.2) is 0 Å². The largest absolute Gasteiger partial charge is 0.326 e. The molecule has 4 N–H and O–H groups in total. The molecule has 166 valence electrons. The molecule has 11 heteroatoms. The lowest BCUT2D eigenvalue weighted by Crippen LogP contribution is -2.48. The van der Waals surface area contributed by atoms with Gasteiger partial charge in [0, 0.05) is 35.9 Å². The van der Waals surface area contributed by atoms with Crippen LogP contribution < -0.4 is 21.5 Å². The molecule has 10 nitrogen and oxygen atoms in total. The highest BCUT2D eigenvalue weighted by Crippen LogP contribution is 2.13. The fraction of sp³-hybridized carbons (Fsp3) is 0.143. The van der Waals surface area contributed by atoms with Crippen molar-refractivity contribution in [2.45, 2.75) is 19.8 Å². The first-order valence-corrected chi connectivity index (χ1v) is 9.93. The van der Waals surface area contributed by atoms with Gasteiger partial charge in [-0.05, 0) is 66.7 Å². The van der Waals surface area contributed by atoms with E-state index in [1.54, 1.807) is 12.1 Å². The standard InChI is InChI=1S/C21H21N5O5S/c1-2-3-18(27)22-16-9-7-15(8-10-16)20(29)24-25-21(32)23-19(28)13-6-14-4-11-17(12-5-14)26(30)31/h4-13H,2-3H2,1H3,(H,22,27)(H,24,29)(H2,23,25,28,32)/b13-6+. The molecule has 0 fully saturated rings. The van der Waals surface area contributed by atoms with Crippen LogP contribution in [0.25, 0.3) is 6.08 Å². The van der Waals surface area contributed by atoms with E-state index < -0.39 is 16.7 Å². The molecule has 0 aliphatic heterocycles. The van der Waals surface area contributed by atoms with Gasteiger partial charge in [0.1, 0.15) is 0 Å². The second-order valence-corrected chi connectivity index (χ2v) is 6.86. The molecule has 2 aromatic rings. The number of benzene rings is 2. The Kier molecular flexibility index (Phi) is 8.99. The topological polar surface area (TPSA) is 142 Å². The zero-order chi connectivity index (χ0) is 23.5. The molecular formula is C21H21N5O5S. The number of rotatable bonds is 7. The highest BCUT2D eigenvalue weighted by Gasteiger charge is 2.08. The van der Waals surface area contributed by atoms with Crippen molar-refractivity contribution in [1.29, 1.82) is 0 Å². The molecule has 0 saturated heterocycles. The first-order valence-electron chi connectivity index (χ1n) is 9.52. The monoisotopic (exact) mass is 455 g/mol. The van der Waals surface area contributed by atoms with Gasteiger partial charge in [-0.15, -0.1) is 0 Å². The molecule has 32 heavy (non-hydrogen) atoms. The molecule has 2 aromatic carbocycles. The molecular weight excluding hydrogens is 434 g/mol. The number of nitrogens with zero attached hydrogens (tertiary/aromatic N) is 1. The van der Waals surface area contributed by atoms with Crippen molar-refractivity contribution in [1.82, 2.24) is 16.2 Å². The number of amides is 3. The minimum atomic E-state index is -0.553. The summed E-state index contributed by atoms with van der Waals surface area (Å²) >= 11 is 4.95. The van der Waals surface area contributed by atoms with E-state index >= 15 is 0 Å². The van der Waals surface area contributed by atoms with Crippen LogP contribution in [0.5, 0.6) is 0 Å². The Balaban J connectivity index is 1.79. The molecule has 0 aliphatic rings. The first-order chi connectivity index (χ1) is 15.3. The summed E-state index contributed by atoms with van der Waals surface area (Å²) in [6.45, 7) is 1.90. The van der Waals surface area contributed by atoms with Gasteiger partial charge in [0.05, 0.1) is 4.92 Å². The number of nitrogens with one attached hydrogen (secondary N) is 4. The summed E-state index contributed by atoms with van der Waals surface area (Å²) in [5.74, 6) is -1.15. The van der Waals surface area contributed by atoms with Gasteiger partial charge in [-0.2, -0.15) is 0 Å². The Morgan fingerprint density at radius 1 is 1.03 bits per heavy atom. The van der Waals surface area contributed by atoms with E-state index in [-0.39, 0.29) is 16.7 Å². The molecule has 0 unspecified atom stereocenters. The van der Waals surface area contributed by atoms with Crippen LogP contribution in [0, 0.1) is 10.1 Å². The van der Waals surface area contributed by atoms with Gasteiger partial charge in [0.15, 0.2) is 5.11 Å². The van der Waals surface area contributed by atoms with Crippen molar-refractivity contribution in [2.75, 3.05) is 5.32 Å². The van der Waals surface area contributed by atoms with Crippen molar-refractivity contribution < 1.29 is 19.3 Å². The molecule has 0 spiro atoms. The van der Waals surface area contributed by atoms with Gasteiger partial charge in [-0.1, -0.05) is 6.92 Å². The second-order valence-electron chi connectivity index (χ2n) is 6.46. The number of hydrogen-bond donors (Lipinski definition) is 4. The highest BCUT2D eigenvalue weighted by atomic mass is 32.1. The minimum absolute atomic E-state index is 0.0522. The quantitative estimate of drug-likeness (QED) is 0.218. The van der Waals surface area contributed by atoms with E-state index in [4.69, 9.17) is 12.2 Å². The zero-order valence-electron chi connectivity index (χ0n) is 17.1. The summed E-state index contributed by atoms with van der Waals surface area (Å²) in [5.41, 5.74) is 6.20. The minimum Gasteiger partial charge on any atom is -0.326 e. The first kappa shape index (κ1) is 24.2. The molecule has 3 amide bonds. The van der Waals surface area contributed by atoms with Gasteiger partial charge in [-0.3, -0.25) is 40.7 Å². The van der Waals surface area contributed by atoms with Crippen molar-refractivity contribution in [3.05, 3.63) is 75.8 Å². The fourth-order valence-corrected chi connectivity index (χ4v) is 2.56. The third-order valence-corrected chi connectivity index (χ3v) is 4.17. The molecule has 0 aliphatic carbocycles. The third kappa shape index (κ3) is 7.95. The Labute approximate surface area is 189 Å². The molecule has 0 saturated carbocycles.